The highest BCUT2D eigenvalue weighted by Gasteiger charge is 2.16. The van der Waals surface area contributed by atoms with Crippen molar-refractivity contribution in [1.82, 2.24) is 10.3 Å². The monoisotopic (exact) mass is 334 g/mol. The van der Waals surface area contributed by atoms with Crippen molar-refractivity contribution >= 4 is 23.0 Å². The maximum Gasteiger partial charge on any atom is 0.146 e. The van der Waals surface area contributed by atoms with Crippen LogP contribution in [0.1, 0.15) is 17.5 Å². The summed E-state index contributed by atoms with van der Waals surface area (Å²) in [5.74, 6) is -0.249. The third-order valence-corrected chi connectivity index (χ3v) is 4.26. The van der Waals surface area contributed by atoms with E-state index < -0.39 is 0 Å². The van der Waals surface area contributed by atoms with Crippen molar-refractivity contribution in [3.05, 3.63) is 52.6 Å². The molecule has 0 spiro atoms. The molecule has 0 saturated carbocycles. The minimum absolute atomic E-state index is 0.249. The minimum Gasteiger partial charge on any atom is -0.381 e. The number of nitrogens with zero attached hydrogens (tertiary/aromatic N) is 1. The van der Waals surface area contributed by atoms with Gasteiger partial charge in [0.15, 0.2) is 0 Å². The highest BCUT2D eigenvalue weighted by Crippen LogP contribution is 2.24. The maximum absolute atomic E-state index is 13.9. The lowest BCUT2D eigenvalue weighted by Crippen LogP contribution is -2.23. The summed E-state index contributed by atoms with van der Waals surface area (Å²) in [5.41, 5.74) is 3.31. The first-order valence-electron chi connectivity index (χ1n) is 7.74. The van der Waals surface area contributed by atoms with Crippen molar-refractivity contribution in [2.75, 3.05) is 23.7 Å². The Labute approximate surface area is 140 Å². The van der Waals surface area contributed by atoms with E-state index in [4.69, 9.17) is 11.6 Å². The lowest BCUT2D eigenvalue weighted by atomic mass is 10.1. The van der Waals surface area contributed by atoms with Gasteiger partial charge in [0.25, 0.3) is 0 Å². The van der Waals surface area contributed by atoms with E-state index in [0.717, 1.165) is 36.3 Å². The van der Waals surface area contributed by atoms with Gasteiger partial charge in [-0.15, -0.1) is 0 Å². The van der Waals surface area contributed by atoms with Crippen molar-refractivity contribution in [2.24, 2.45) is 0 Å². The number of aryl methyl sites for hydroxylation is 1. The normalized spacial score (nSPS) is 17.3. The summed E-state index contributed by atoms with van der Waals surface area (Å²) in [6.45, 7) is 4.31. The number of pyridine rings is 1. The molecule has 1 aromatic heterocycles. The number of hydrogen-bond acceptors (Lipinski definition) is 4. The van der Waals surface area contributed by atoms with Gasteiger partial charge >= 0.3 is 0 Å². The second-order valence-corrected chi connectivity index (χ2v) is 6.17. The molecule has 1 aromatic carbocycles. The highest BCUT2D eigenvalue weighted by molar-refractivity contribution is 6.29. The number of nitrogens with one attached hydrogen (secondary N) is 3. The fourth-order valence-electron chi connectivity index (χ4n) is 2.77. The molecule has 3 N–H and O–H groups in total. The molecule has 23 heavy (non-hydrogen) atoms. The smallest absolute Gasteiger partial charge is 0.146 e. The van der Waals surface area contributed by atoms with Gasteiger partial charge in [-0.05, 0) is 37.6 Å². The first-order chi connectivity index (χ1) is 11.1. The molecule has 1 atom stereocenters. The fourth-order valence-corrected chi connectivity index (χ4v) is 2.93. The third kappa shape index (κ3) is 3.92. The molecule has 3 rings (SSSR count). The standard InChI is InChI=1S/C17H20ClFN4/c1-11-3-2-4-14(19)17(11)22-9-12-8-21-16(18)7-15(12)23-13-5-6-20-10-13/h2-4,7-8,13,20,22H,5-6,9-10H2,1H3,(H,21,23)/t13-/m1/s1. The molecule has 0 bridgehead atoms. The molecule has 1 fully saturated rings. The Hall–Kier alpha value is -1.85. The van der Waals surface area contributed by atoms with Crippen LogP contribution >= 0.6 is 11.6 Å². The number of benzene rings is 1. The number of para-hydroxylation sites is 1. The molecule has 6 heteroatoms. The van der Waals surface area contributed by atoms with Gasteiger partial charge in [0.2, 0.25) is 0 Å². The molecule has 0 aliphatic carbocycles. The van der Waals surface area contributed by atoms with Crippen LogP contribution in [0.5, 0.6) is 0 Å². The zero-order chi connectivity index (χ0) is 16.2. The second kappa shape index (κ2) is 7.15. The van der Waals surface area contributed by atoms with Crippen molar-refractivity contribution in [3.63, 3.8) is 0 Å². The maximum atomic E-state index is 13.9. The van der Waals surface area contributed by atoms with Crippen molar-refractivity contribution < 1.29 is 4.39 Å². The van der Waals surface area contributed by atoms with Crippen molar-refractivity contribution in [2.45, 2.75) is 25.9 Å². The lowest BCUT2D eigenvalue weighted by Gasteiger charge is -2.18. The summed E-state index contributed by atoms with van der Waals surface area (Å²) >= 11 is 6.02. The van der Waals surface area contributed by atoms with E-state index in [0.29, 0.717) is 23.4 Å². The van der Waals surface area contributed by atoms with Crippen LogP contribution in [0.15, 0.2) is 30.5 Å². The predicted molar refractivity (Wildman–Crippen MR) is 92.6 cm³/mol. The first kappa shape index (κ1) is 16.0. The summed E-state index contributed by atoms with van der Waals surface area (Å²) in [5, 5.41) is 10.4. The Morgan fingerprint density at radius 1 is 1.43 bits per heavy atom. The Kier molecular flexibility index (Phi) is 4.98. The summed E-state index contributed by atoms with van der Waals surface area (Å²) in [7, 11) is 0. The number of halogens is 2. The van der Waals surface area contributed by atoms with E-state index in [1.54, 1.807) is 12.3 Å². The van der Waals surface area contributed by atoms with Crippen LogP contribution in [-0.2, 0) is 6.54 Å². The summed E-state index contributed by atoms with van der Waals surface area (Å²) in [6.07, 6.45) is 2.80. The van der Waals surface area contributed by atoms with Crippen LogP contribution in [0.4, 0.5) is 15.8 Å². The molecule has 1 saturated heterocycles. The molecular formula is C17H20ClFN4. The van der Waals surface area contributed by atoms with Gasteiger partial charge < -0.3 is 16.0 Å². The van der Waals surface area contributed by atoms with E-state index in [1.165, 1.54) is 6.07 Å². The van der Waals surface area contributed by atoms with Crippen molar-refractivity contribution in [1.29, 1.82) is 0 Å². The van der Waals surface area contributed by atoms with Gasteiger partial charge in [0.05, 0.1) is 5.69 Å². The minimum atomic E-state index is -0.249. The van der Waals surface area contributed by atoms with Gasteiger partial charge in [-0.3, -0.25) is 0 Å². The van der Waals surface area contributed by atoms with Gasteiger partial charge in [-0.1, -0.05) is 23.7 Å². The van der Waals surface area contributed by atoms with Gasteiger partial charge in [-0.25, -0.2) is 9.37 Å². The molecule has 2 aromatic rings. The van der Waals surface area contributed by atoms with Crippen LogP contribution in [0, 0.1) is 12.7 Å². The van der Waals surface area contributed by atoms with E-state index in [-0.39, 0.29) is 5.82 Å². The number of aromatic nitrogens is 1. The first-order valence-corrected chi connectivity index (χ1v) is 8.12. The van der Waals surface area contributed by atoms with Crippen LogP contribution in [0.2, 0.25) is 5.15 Å². The molecule has 122 valence electrons. The van der Waals surface area contributed by atoms with E-state index in [2.05, 4.69) is 20.9 Å². The lowest BCUT2D eigenvalue weighted by molar-refractivity contribution is 0.629. The quantitative estimate of drug-likeness (QED) is 0.732. The molecule has 2 heterocycles. The largest absolute Gasteiger partial charge is 0.381 e. The van der Waals surface area contributed by atoms with Crippen LogP contribution in [0.3, 0.4) is 0 Å². The van der Waals surface area contributed by atoms with Crippen LogP contribution in [0.25, 0.3) is 0 Å². The Bertz CT molecular complexity index is 666. The van der Waals surface area contributed by atoms with Gasteiger partial charge in [0.1, 0.15) is 11.0 Å². The molecule has 1 aliphatic rings. The predicted octanol–water partition coefficient (Wildman–Crippen LogP) is 3.57. The molecular weight excluding hydrogens is 315 g/mol. The van der Waals surface area contributed by atoms with Crippen molar-refractivity contribution in [3.8, 4) is 0 Å². The number of rotatable bonds is 5. The van der Waals surface area contributed by atoms with E-state index in [1.807, 2.05) is 19.1 Å². The van der Waals surface area contributed by atoms with Crippen LogP contribution < -0.4 is 16.0 Å². The Balaban J connectivity index is 1.76. The second-order valence-electron chi connectivity index (χ2n) is 5.78. The number of hydrogen-bond donors (Lipinski definition) is 3. The van der Waals surface area contributed by atoms with E-state index in [9.17, 15) is 4.39 Å². The molecule has 1 aliphatic heterocycles. The summed E-state index contributed by atoms with van der Waals surface area (Å²) in [4.78, 5) is 4.15. The number of anilines is 2. The topological polar surface area (TPSA) is 49.0 Å². The average molecular weight is 335 g/mol. The third-order valence-electron chi connectivity index (χ3n) is 4.05. The zero-order valence-electron chi connectivity index (χ0n) is 13.0. The molecule has 0 amide bonds. The zero-order valence-corrected chi connectivity index (χ0v) is 13.8. The molecule has 4 nitrogen and oxygen atoms in total. The van der Waals surface area contributed by atoms with Crippen LogP contribution in [-0.4, -0.2) is 24.1 Å². The van der Waals surface area contributed by atoms with Gasteiger partial charge in [-0.2, -0.15) is 0 Å². The average Bonchev–Trinajstić information content (AvgIpc) is 3.01. The van der Waals surface area contributed by atoms with Gasteiger partial charge in [0, 0.05) is 36.6 Å². The highest BCUT2D eigenvalue weighted by atomic mass is 35.5. The molecule has 0 radical (unpaired) electrons. The summed E-state index contributed by atoms with van der Waals surface area (Å²) < 4.78 is 13.9. The summed E-state index contributed by atoms with van der Waals surface area (Å²) in [6, 6.07) is 7.25. The Morgan fingerprint density at radius 3 is 3.04 bits per heavy atom. The Morgan fingerprint density at radius 2 is 2.30 bits per heavy atom. The fraction of sp³-hybridized carbons (Fsp3) is 0.353. The SMILES string of the molecule is Cc1cccc(F)c1NCc1cnc(Cl)cc1N[C@@H]1CCNC1. The molecule has 0 unspecified atom stereocenters. The van der Waals surface area contributed by atoms with E-state index >= 15 is 0 Å².